The molecular weight excluding hydrogens is 328 g/mol. The van der Waals surface area contributed by atoms with Crippen molar-refractivity contribution in [2.45, 2.75) is 32.8 Å². The zero-order chi connectivity index (χ0) is 18.9. The largest absolute Gasteiger partial charge is 0.481 e. The molecule has 2 aromatic rings. The van der Waals surface area contributed by atoms with Crippen molar-refractivity contribution in [3.05, 3.63) is 65.7 Å². The number of primary amides is 1. The molecule has 2 amide bonds. The van der Waals surface area contributed by atoms with Gasteiger partial charge in [0.05, 0.1) is 0 Å². The monoisotopic (exact) mass is 354 g/mol. The third-order valence-electron chi connectivity index (χ3n) is 4.20. The standard InChI is InChI=1S/C21H26N2O3/c1-16-8-6-7-11-19(16)26-17(2)21(25)23(15-13-20(22)24)14-12-18-9-4-3-5-10-18/h3-11,17H,12-15H2,1-2H3,(H2,22,24). The van der Waals surface area contributed by atoms with Crippen molar-refractivity contribution >= 4 is 11.8 Å². The molecule has 0 heterocycles. The van der Waals surface area contributed by atoms with Crippen molar-refractivity contribution in [2.24, 2.45) is 5.73 Å². The molecule has 2 N–H and O–H groups in total. The Morgan fingerprint density at radius 2 is 1.69 bits per heavy atom. The fraction of sp³-hybridized carbons (Fsp3) is 0.333. The molecule has 0 bridgehead atoms. The molecule has 0 aromatic heterocycles. The van der Waals surface area contributed by atoms with Gasteiger partial charge in [0.1, 0.15) is 5.75 Å². The summed E-state index contributed by atoms with van der Waals surface area (Å²) >= 11 is 0. The number of nitrogens with two attached hydrogens (primary N) is 1. The van der Waals surface area contributed by atoms with E-state index in [9.17, 15) is 9.59 Å². The van der Waals surface area contributed by atoms with Crippen molar-refractivity contribution in [3.63, 3.8) is 0 Å². The third kappa shape index (κ3) is 5.92. The van der Waals surface area contributed by atoms with E-state index < -0.39 is 12.0 Å². The van der Waals surface area contributed by atoms with Crippen LogP contribution in [0.4, 0.5) is 0 Å². The number of hydrogen-bond acceptors (Lipinski definition) is 3. The molecule has 5 nitrogen and oxygen atoms in total. The summed E-state index contributed by atoms with van der Waals surface area (Å²) < 4.78 is 5.84. The number of hydrogen-bond donors (Lipinski definition) is 1. The zero-order valence-electron chi connectivity index (χ0n) is 15.4. The summed E-state index contributed by atoms with van der Waals surface area (Å²) in [6.45, 7) is 4.47. The average Bonchev–Trinajstić information content (AvgIpc) is 2.63. The highest BCUT2D eigenvalue weighted by atomic mass is 16.5. The molecule has 0 aliphatic heterocycles. The second kappa shape index (κ2) is 9.61. The molecule has 5 heteroatoms. The Kier molecular flexibility index (Phi) is 7.21. The Labute approximate surface area is 154 Å². The van der Waals surface area contributed by atoms with Gasteiger partial charge >= 0.3 is 0 Å². The van der Waals surface area contributed by atoms with Gasteiger partial charge < -0.3 is 15.4 Å². The first kappa shape index (κ1) is 19.5. The van der Waals surface area contributed by atoms with E-state index in [4.69, 9.17) is 10.5 Å². The number of nitrogens with zero attached hydrogens (tertiary/aromatic N) is 1. The van der Waals surface area contributed by atoms with Crippen molar-refractivity contribution in [1.82, 2.24) is 4.90 Å². The van der Waals surface area contributed by atoms with Gasteiger partial charge in [0, 0.05) is 19.5 Å². The lowest BCUT2D eigenvalue weighted by Crippen LogP contribution is -2.43. The van der Waals surface area contributed by atoms with E-state index in [0.29, 0.717) is 25.3 Å². The van der Waals surface area contributed by atoms with Gasteiger partial charge in [-0.1, -0.05) is 48.5 Å². The summed E-state index contributed by atoms with van der Waals surface area (Å²) in [6, 6.07) is 17.5. The van der Waals surface area contributed by atoms with Crippen LogP contribution >= 0.6 is 0 Å². The Hall–Kier alpha value is -2.82. The third-order valence-corrected chi connectivity index (χ3v) is 4.20. The molecule has 2 aromatic carbocycles. The smallest absolute Gasteiger partial charge is 0.263 e. The summed E-state index contributed by atoms with van der Waals surface area (Å²) in [7, 11) is 0. The van der Waals surface area contributed by atoms with Crippen LogP contribution in [0.5, 0.6) is 5.75 Å². The first-order chi connectivity index (χ1) is 12.5. The number of carbonyl (C=O) groups excluding carboxylic acids is 2. The Bertz CT molecular complexity index is 731. The van der Waals surface area contributed by atoms with Crippen molar-refractivity contribution in [2.75, 3.05) is 13.1 Å². The number of amides is 2. The molecule has 0 aliphatic carbocycles. The van der Waals surface area contributed by atoms with Crippen LogP contribution < -0.4 is 10.5 Å². The fourth-order valence-electron chi connectivity index (χ4n) is 2.67. The summed E-state index contributed by atoms with van der Waals surface area (Å²) in [5, 5.41) is 0. The van der Waals surface area contributed by atoms with Gasteiger partial charge in [-0.25, -0.2) is 0 Å². The van der Waals surface area contributed by atoms with Crippen LogP contribution in [0.1, 0.15) is 24.5 Å². The summed E-state index contributed by atoms with van der Waals surface area (Å²) in [5.41, 5.74) is 7.37. The van der Waals surface area contributed by atoms with E-state index in [1.54, 1.807) is 11.8 Å². The molecule has 1 unspecified atom stereocenters. The van der Waals surface area contributed by atoms with Crippen LogP contribution in [-0.4, -0.2) is 35.9 Å². The zero-order valence-corrected chi connectivity index (χ0v) is 15.4. The van der Waals surface area contributed by atoms with Crippen LogP contribution in [0.25, 0.3) is 0 Å². The summed E-state index contributed by atoms with van der Waals surface area (Å²) in [4.78, 5) is 25.7. The maximum atomic E-state index is 12.8. The van der Waals surface area contributed by atoms with Gasteiger partial charge in [0.25, 0.3) is 5.91 Å². The lowest BCUT2D eigenvalue weighted by atomic mass is 10.1. The minimum absolute atomic E-state index is 0.137. The second-order valence-corrected chi connectivity index (χ2v) is 6.30. The first-order valence-electron chi connectivity index (χ1n) is 8.80. The highest BCUT2D eigenvalue weighted by molar-refractivity contribution is 5.82. The number of ether oxygens (including phenoxy) is 1. The van der Waals surface area contributed by atoms with Gasteiger partial charge in [-0.3, -0.25) is 9.59 Å². The lowest BCUT2D eigenvalue weighted by Gasteiger charge is -2.26. The molecule has 2 rings (SSSR count). The van der Waals surface area contributed by atoms with Crippen LogP contribution in [0.15, 0.2) is 54.6 Å². The van der Waals surface area contributed by atoms with Gasteiger partial charge in [0.15, 0.2) is 6.10 Å². The minimum Gasteiger partial charge on any atom is -0.481 e. The number of rotatable bonds is 9. The molecule has 0 radical (unpaired) electrons. The predicted octanol–water partition coefficient (Wildman–Crippen LogP) is 2.71. The van der Waals surface area contributed by atoms with Crippen molar-refractivity contribution < 1.29 is 14.3 Å². The summed E-state index contributed by atoms with van der Waals surface area (Å²) in [5.74, 6) is 0.117. The lowest BCUT2D eigenvalue weighted by molar-refractivity contribution is -0.138. The van der Waals surface area contributed by atoms with Gasteiger partial charge in [-0.2, -0.15) is 0 Å². The number of benzene rings is 2. The average molecular weight is 354 g/mol. The molecule has 0 saturated carbocycles. The SMILES string of the molecule is Cc1ccccc1OC(C)C(=O)N(CCC(N)=O)CCc1ccccc1. The summed E-state index contributed by atoms with van der Waals surface area (Å²) in [6.07, 6.45) is 0.208. The van der Waals surface area contributed by atoms with Crippen LogP contribution in [0.2, 0.25) is 0 Å². The predicted molar refractivity (Wildman–Crippen MR) is 102 cm³/mol. The first-order valence-corrected chi connectivity index (χ1v) is 8.80. The van der Waals surface area contributed by atoms with Crippen LogP contribution in [-0.2, 0) is 16.0 Å². The molecule has 26 heavy (non-hydrogen) atoms. The maximum absolute atomic E-state index is 12.8. The molecule has 0 spiro atoms. The van der Waals surface area contributed by atoms with E-state index >= 15 is 0 Å². The maximum Gasteiger partial charge on any atom is 0.263 e. The minimum atomic E-state index is -0.639. The number of carbonyl (C=O) groups is 2. The van der Waals surface area contributed by atoms with E-state index in [1.165, 1.54) is 0 Å². The molecule has 0 fully saturated rings. The Balaban J connectivity index is 2.03. The van der Waals surface area contributed by atoms with Crippen molar-refractivity contribution in [1.29, 1.82) is 0 Å². The highest BCUT2D eigenvalue weighted by Gasteiger charge is 2.22. The van der Waals surface area contributed by atoms with Gasteiger partial charge in [0.2, 0.25) is 5.91 Å². The molecule has 138 valence electrons. The molecule has 1 atom stereocenters. The van der Waals surface area contributed by atoms with E-state index in [2.05, 4.69) is 0 Å². The van der Waals surface area contributed by atoms with Crippen molar-refractivity contribution in [3.8, 4) is 5.75 Å². The van der Waals surface area contributed by atoms with E-state index in [0.717, 1.165) is 11.1 Å². The quantitative estimate of drug-likeness (QED) is 0.752. The Morgan fingerprint density at radius 1 is 1.04 bits per heavy atom. The van der Waals surface area contributed by atoms with Crippen LogP contribution in [0, 0.1) is 6.92 Å². The fourth-order valence-corrected chi connectivity index (χ4v) is 2.67. The number of aryl methyl sites for hydroxylation is 1. The molecular formula is C21H26N2O3. The number of para-hydroxylation sites is 1. The van der Waals surface area contributed by atoms with Gasteiger partial charge in [-0.15, -0.1) is 0 Å². The van der Waals surface area contributed by atoms with E-state index in [1.807, 2.05) is 61.5 Å². The topological polar surface area (TPSA) is 72.6 Å². The normalized spacial score (nSPS) is 11.6. The molecule has 0 aliphatic rings. The highest BCUT2D eigenvalue weighted by Crippen LogP contribution is 2.18. The van der Waals surface area contributed by atoms with Gasteiger partial charge in [-0.05, 0) is 37.5 Å². The van der Waals surface area contributed by atoms with E-state index in [-0.39, 0.29) is 12.3 Å². The Morgan fingerprint density at radius 3 is 2.35 bits per heavy atom. The van der Waals surface area contributed by atoms with Crippen LogP contribution in [0.3, 0.4) is 0 Å². The second-order valence-electron chi connectivity index (χ2n) is 6.30. The molecule has 0 saturated heterocycles.